The summed E-state index contributed by atoms with van der Waals surface area (Å²) < 4.78 is 0.588. The molecule has 1 aromatic rings. The van der Waals surface area contributed by atoms with Gasteiger partial charge < -0.3 is 0 Å². The average molecular weight is 173 g/mol. The summed E-state index contributed by atoms with van der Waals surface area (Å²) in [5, 5.41) is 0. The predicted octanol–water partition coefficient (Wildman–Crippen LogP) is -1.15. The minimum absolute atomic E-state index is 0.494. The Kier molecular flexibility index (Phi) is 1.46. The maximum atomic E-state index is 5.29. The molecule has 0 atom stereocenters. The normalized spacial score (nSPS) is 9.00. The number of nitrogen functional groups attached to an aromatic ring is 1. The van der Waals surface area contributed by atoms with Crippen LogP contribution in [0.3, 0.4) is 0 Å². The summed E-state index contributed by atoms with van der Waals surface area (Å²) in [5.74, 6) is 0.494. The zero-order valence-corrected chi connectivity index (χ0v) is 5.75. The molecule has 0 saturated heterocycles. The fourth-order valence-corrected chi connectivity index (χ4v) is 0.703. The van der Waals surface area contributed by atoms with Crippen LogP contribution in [0.5, 0.6) is 0 Å². The standard InChI is InChI=1S/C4H4N3Se/c5-3-1-2-6-4(8)7-3/h1-2H,(H2,5,6,7). The van der Waals surface area contributed by atoms with Gasteiger partial charge in [-0.1, -0.05) is 0 Å². The second-order valence-corrected chi connectivity index (χ2v) is 2.03. The van der Waals surface area contributed by atoms with Gasteiger partial charge in [-0.05, 0) is 0 Å². The van der Waals surface area contributed by atoms with Crippen LogP contribution in [0.1, 0.15) is 0 Å². The monoisotopic (exact) mass is 174 g/mol. The van der Waals surface area contributed by atoms with Crippen molar-refractivity contribution in [2.45, 2.75) is 0 Å². The first-order valence-electron chi connectivity index (χ1n) is 2.04. The number of anilines is 1. The van der Waals surface area contributed by atoms with Crippen molar-refractivity contribution in [1.29, 1.82) is 0 Å². The van der Waals surface area contributed by atoms with Crippen molar-refractivity contribution >= 4 is 26.6 Å². The molecule has 0 aromatic carbocycles. The quantitative estimate of drug-likeness (QED) is 0.504. The van der Waals surface area contributed by atoms with Crippen LogP contribution in [-0.2, 0) is 0 Å². The van der Waals surface area contributed by atoms with E-state index in [1.807, 2.05) is 0 Å². The predicted molar refractivity (Wildman–Crippen MR) is 31.8 cm³/mol. The molecule has 41 valence electrons. The van der Waals surface area contributed by atoms with E-state index in [0.717, 1.165) is 0 Å². The Hall–Kier alpha value is -0.601. The summed E-state index contributed by atoms with van der Waals surface area (Å²) in [5.41, 5.74) is 5.29. The second kappa shape index (κ2) is 2.11. The summed E-state index contributed by atoms with van der Waals surface area (Å²) >= 11 is 2.64. The molecule has 8 heavy (non-hydrogen) atoms. The zero-order chi connectivity index (χ0) is 5.98. The molecule has 0 aliphatic heterocycles. The van der Waals surface area contributed by atoms with E-state index in [4.69, 9.17) is 5.73 Å². The molecule has 4 heteroatoms. The van der Waals surface area contributed by atoms with Crippen LogP contribution in [-0.4, -0.2) is 26.0 Å². The number of hydrogen-bond acceptors (Lipinski definition) is 3. The van der Waals surface area contributed by atoms with Gasteiger partial charge in [0.25, 0.3) is 0 Å². The van der Waals surface area contributed by atoms with E-state index >= 15 is 0 Å². The number of nitrogens with two attached hydrogens (primary N) is 1. The first-order valence-corrected chi connectivity index (χ1v) is 2.90. The molecule has 1 heterocycles. The van der Waals surface area contributed by atoms with Gasteiger partial charge in [0.1, 0.15) is 0 Å². The summed E-state index contributed by atoms with van der Waals surface area (Å²) in [7, 11) is 0. The van der Waals surface area contributed by atoms with E-state index in [0.29, 0.717) is 10.5 Å². The van der Waals surface area contributed by atoms with Crippen molar-refractivity contribution in [1.82, 2.24) is 9.97 Å². The first-order chi connectivity index (χ1) is 3.79. The number of aromatic nitrogens is 2. The summed E-state index contributed by atoms with van der Waals surface area (Å²) in [6.45, 7) is 0. The van der Waals surface area contributed by atoms with E-state index in [2.05, 4.69) is 26.0 Å². The van der Waals surface area contributed by atoms with E-state index < -0.39 is 0 Å². The molecule has 0 fully saturated rings. The Bertz CT molecular complexity index is 171. The van der Waals surface area contributed by atoms with Gasteiger partial charge in [0.05, 0.1) is 0 Å². The van der Waals surface area contributed by atoms with Crippen LogP contribution in [0.4, 0.5) is 5.82 Å². The van der Waals surface area contributed by atoms with Gasteiger partial charge in [0.2, 0.25) is 0 Å². The summed E-state index contributed by atoms with van der Waals surface area (Å²) in [6.07, 6.45) is 1.61. The first kappa shape index (κ1) is 5.53. The summed E-state index contributed by atoms with van der Waals surface area (Å²) in [6, 6.07) is 1.64. The van der Waals surface area contributed by atoms with E-state index in [1.165, 1.54) is 0 Å². The Balaban J connectivity index is 3.08. The van der Waals surface area contributed by atoms with Gasteiger partial charge >= 0.3 is 54.5 Å². The zero-order valence-electron chi connectivity index (χ0n) is 4.03. The van der Waals surface area contributed by atoms with Gasteiger partial charge in [-0.15, -0.1) is 0 Å². The van der Waals surface area contributed by atoms with Crippen LogP contribution in [0, 0.1) is 0 Å². The van der Waals surface area contributed by atoms with Gasteiger partial charge in [-0.2, -0.15) is 0 Å². The van der Waals surface area contributed by atoms with Crippen LogP contribution >= 0.6 is 0 Å². The molecule has 0 saturated carbocycles. The molecule has 1 radical (unpaired) electrons. The molecular formula is C4H4N3Se. The average Bonchev–Trinajstić information content (AvgIpc) is 1.64. The van der Waals surface area contributed by atoms with Crippen molar-refractivity contribution in [3.05, 3.63) is 12.3 Å². The fraction of sp³-hybridized carbons (Fsp3) is 0. The Morgan fingerprint density at radius 2 is 2.38 bits per heavy atom. The van der Waals surface area contributed by atoms with Crippen molar-refractivity contribution in [3.8, 4) is 0 Å². The van der Waals surface area contributed by atoms with Crippen LogP contribution in [0.25, 0.3) is 0 Å². The van der Waals surface area contributed by atoms with Crippen molar-refractivity contribution < 1.29 is 0 Å². The van der Waals surface area contributed by atoms with E-state index in [-0.39, 0.29) is 0 Å². The van der Waals surface area contributed by atoms with Crippen molar-refractivity contribution in [2.24, 2.45) is 0 Å². The van der Waals surface area contributed by atoms with Gasteiger partial charge in [0, 0.05) is 0 Å². The third-order valence-electron chi connectivity index (χ3n) is 0.655. The molecule has 3 nitrogen and oxygen atoms in total. The number of rotatable bonds is 0. The summed E-state index contributed by atoms with van der Waals surface area (Å²) in [4.78, 5) is 7.58. The number of nitrogens with zero attached hydrogens (tertiary/aromatic N) is 2. The molecule has 0 aliphatic carbocycles. The third-order valence-corrected chi connectivity index (χ3v) is 1.07. The maximum absolute atomic E-state index is 5.29. The van der Waals surface area contributed by atoms with Crippen molar-refractivity contribution in [2.75, 3.05) is 5.73 Å². The fourth-order valence-electron chi connectivity index (χ4n) is 0.354. The molecule has 2 N–H and O–H groups in total. The molecular weight excluding hydrogens is 169 g/mol. The van der Waals surface area contributed by atoms with Crippen LogP contribution in [0.15, 0.2) is 12.3 Å². The Labute approximate surface area is 55.1 Å². The third kappa shape index (κ3) is 1.18. The molecule has 0 amide bonds. The topological polar surface area (TPSA) is 51.8 Å². The Morgan fingerprint density at radius 3 is 2.75 bits per heavy atom. The molecule has 1 rings (SSSR count). The Morgan fingerprint density at radius 1 is 1.62 bits per heavy atom. The molecule has 1 aromatic heterocycles. The van der Waals surface area contributed by atoms with Gasteiger partial charge in [-0.3, -0.25) is 0 Å². The minimum atomic E-state index is 0.494. The SMILES string of the molecule is Nc1ccnc([Se])n1. The molecule has 0 aliphatic rings. The molecule has 0 spiro atoms. The van der Waals surface area contributed by atoms with Crippen molar-refractivity contribution in [3.63, 3.8) is 0 Å². The van der Waals surface area contributed by atoms with Gasteiger partial charge in [-0.25, -0.2) is 0 Å². The molecule has 0 unspecified atom stereocenters. The van der Waals surface area contributed by atoms with Crippen LogP contribution in [0.2, 0.25) is 0 Å². The molecule has 0 bridgehead atoms. The number of hydrogen-bond donors (Lipinski definition) is 1. The van der Waals surface area contributed by atoms with E-state index in [9.17, 15) is 0 Å². The van der Waals surface area contributed by atoms with Gasteiger partial charge in [0.15, 0.2) is 0 Å². The second-order valence-electron chi connectivity index (χ2n) is 1.26. The van der Waals surface area contributed by atoms with Crippen LogP contribution < -0.4 is 10.5 Å². The van der Waals surface area contributed by atoms with E-state index in [1.54, 1.807) is 12.3 Å².